The van der Waals surface area contributed by atoms with Gasteiger partial charge in [-0.3, -0.25) is 9.59 Å². The number of esters is 1. The van der Waals surface area contributed by atoms with Crippen molar-refractivity contribution in [3.05, 3.63) is 35.4 Å². The van der Waals surface area contributed by atoms with Crippen LogP contribution in [0.5, 0.6) is 0 Å². The highest BCUT2D eigenvalue weighted by Crippen LogP contribution is 2.17. The minimum atomic E-state index is -0.360. The maximum Gasteiger partial charge on any atom is 0.310 e. The van der Waals surface area contributed by atoms with E-state index in [-0.39, 0.29) is 30.9 Å². The minimum Gasteiger partial charge on any atom is -0.455 e. The molecule has 0 spiro atoms. The molecule has 0 bridgehead atoms. The van der Waals surface area contributed by atoms with E-state index >= 15 is 0 Å². The summed E-state index contributed by atoms with van der Waals surface area (Å²) < 4.78 is 5.02. The first-order valence-electron chi connectivity index (χ1n) is 7.14. The van der Waals surface area contributed by atoms with Crippen molar-refractivity contribution in [1.82, 2.24) is 5.32 Å². The molecule has 1 N–H and O–H groups in total. The zero-order chi connectivity index (χ0) is 14.4. The first kappa shape index (κ1) is 14.6. The highest BCUT2D eigenvalue weighted by molar-refractivity contribution is 5.81. The minimum absolute atomic E-state index is 0.179. The van der Waals surface area contributed by atoms with Gasteiger partial charge in [0.15, 0.2) is 6.61 Å². The van der Waals surface area contributed by atoms with Crippen LogP contribution < -0.4 is 5.32 Å². The molecule has 1 saturated carbocycles. The Kier molecular flexibility index (Phi) is 5.16. The summed E-state index contributed by atoms with van der Waals surface area (Å²) in [6, 6.07) is 7.93. The van der Waals surface area contributed by atoms with E-state index in [1.165, 1.54) is 0 Å². The number of nitrogens with one attached hydrogen (secondary N) is 1. The number of hydrogen-bond donors (Lipinski definition) is 1. The van der Waals surface area contributed by atoms with Gasteiger partial charge in [0.05, 0.1) is 6.42 Å². The molecule has 1 aliphatic rings. The van der Waals surface area contributed by atoms with E-state index in [2.05, 4.69) is 5.32 Å². The average Bonchev–Trinajstić information content (AvgIpc) is 2.92. The molecule has 1 amide bonds. The predicted molar refractivity (Wildman–Crippen MR) is 76.2 cm³/mol. The van der Waals surface area contributed by atoms with Gasteiger partial charge in [0, 0.05) is 6.04 Å². The van der Waals surface area contributed by atoms with Gasteiger partial charge in [-0.2, -0.15) is 0 Å². The van der Waals surface area contributed by atoms with E-state index in [9.17, 15) is 9.59 Å². The van der Waals surface area contributed by atoms with Crippen molar-refractivity contribution < 1.29 is 14.3 Å². The van der Waals surface area contributed by atoms with Gasteiger partial charge in [0.25, 0.3) is 5.91 Å². The Hall–Kier alpha value is -1.84. The van der Waals surface area contributed by atoms with Gasteiger partial charge in [0.2, 0.25) is 0 Å². The number of carbonyl (C=O) groups excluding carboxylic acids is 2. The monoisotopic (exact) mass is 275 g/mol. The van der Waals surface area contributed by atoms with E-state index in [0.717, 1.165) is 36.8 Å². The summed E-state index contributed by atoms with van der Waals surface area (Å²) in [6.07, 6.45) is 4.60. The number of carbonyl (C=O) groups is 2. The van der Waals surface area contributed by atoms with Gasteiger partial charge < -0.3 is 10.1 Å². The lowest BCUT2D eigenvalue weighted by atomic mass is 10.1. The maximum absolute atomic E-state index is 11.7. The Morgan fingerprint density at radius 3 is 2.65 bits per heavy atom. The highest BCUT2D eigenvalue weighted by Gasteiger charge is 2.17. The molecule has 20 heavy (non-hydrogen) atoms. The van der Waals surface area contributed by atoms with Crippen LogP contribution in [0.2, 0.25) is 0 Å². The zero-order valence-corrected chi connectivity index (χ0v) is 11.9. The summed E-state index contributed by atoms with van der Waals surface area (Å²) in [5.41, 5.74) is 1.99. The van der Waals surface area contributed by atoms with Crippen LogP contribution in [-0.2, 0) is 20.7 Å². The van der Waals surface area contributed by atoms with E-state index in [0.29, 0.717) is 0 Å². The van der Waals surface area contributed by atoms with Crippen molar-refractivity contribution in [2.75, 3.05) is 6.61 Å². The molecule has 4 heteroatoms. The van der Waals surface area contributed by atoms with Gasteiger partial charge in [-0.15, -0.1) is 0 Å². The van der Waals surface area contributed by atoms with E-state index in [4.69, 9.17) is 4.74 Å². The summed E-state index contributed by atoms with van der Waals surface area (Å²) in [5.74, 6) is -0.559. The van der Waals surface area contributed by atoms with Crippen LogP contribution in [0.3, 0.4) is 0 Å². The normalized spacial score (nSPS) is 15.1. The van der Waals surface area contributed by atoms with Crippen LogP contribution in [-0.4, -0.2) is 24.5 Å². The van der Waals surface area contributed by atoms with Gasteiger partial charge in [-0.25, -0.2) is 0 Å². The average molecular weight is 275 g/mol. The lowest BCUT2D eigenvalue weighted by molar-refractivity contribution is -0.148. The quantitative estimate of drug-likeness (QED) is 0.838. The fourth-order valence-electron chi connectivity index (χ4n) is 2.50. The standard InChI is InChI=1S/C16H21NO3/c1-12-6-2-3-7-13(12)10-16(19)20-11-15(18)17-14-8-4-5-9-14/h2-3,6-7,14H,4-5,8-11H2,1H3,(H,17,18). The molecule has 1 aliphatic carbocycles. The number of rotatable bonds is 5. The van der Waals surface area contributed by atoms with Crippen molar-refractivity contribution in [2.24, 2.45) is 0 Å². The first-order valence-corrected chi connectivity index (χ1v) is 7.14. The van der Waals surface area contributed by atoms with Crippen molar-refractivity contribution >= 4 is 11.9 Å². The molecule has 1 aromatic carbocycles. The Morgan fingerprint density at radius 2 is 1.95 bits per heavy atom. The fourth-order valence-corrected chi connectivity index (χ4v) is 2.50. The number of hydrogen-bond acceptors (Lipinski definition) is 3. The Balaban J connectivity index is 1.72. The van der Waals surface area contributed by atoms with Crippen LogP contribution in [0.4, 0.5) is 0 Å². The van der Waals surface area contributed by atoms with Crippen molar-refractivity contribution in [2.45, 2.75) is 45.1 Å². The molecule has 0 radical (unpaired) electrons. The second-order valence-electron chi connectivity index (χ2n) is 5.31. The lowest BCUT2D eigenvalue weighted by Crippen LogP contribution is -2.36. The SMILES string of the molecule is Cc1ccccc1CC(=O)OCC(=O)NC1CCCC1. The van der Waals surface area contributed by atoms with Gasteiger partial charge in [-0.1, -0.05) is 37.1 Å². The molecule has 4 nitrogen and oxygen atoms in total. The van der Waals surface area contributed by atoms with Gasteiger partial charge in [0.1, 0.15) is 0 Å². The van der Waals surface area contributed by atoms with E-state index < -0.39 is 0 Å². The summed E-state index contributed by atoms with van der Waals surface area (Å²) in [7, 11) is 0. The third kappa shape index (κ3) is 4.37. The molecule has 0 unspecified atom stereocenters. The molecular weight excluding hydrogens is 254 g/mol. The molecule has 108 valence electrons. The molecule has 0 aliphatic heterocycles. The van der Waals surface area contributed by atoms with Crippen LogP contribution in [0.15, 0.2) is 24.3 Å². The molecule has 0 saturated heterocycles. The zero-order valence-electron chi connectivity index (χ0n) is 11.9. The van der Waals surface area contributed by atoms with Crippen LogP contribution in [0, 0.1) is 6.92 Å². The van der Waals surface area contributed by atoms with Crippen LogP contribution >= 0.6 is 0 Å². The Bertz CT molecular complexity index is 478. The summed E-state index contributed by atoms with van der Waals surface area (Å²) in [4.78, 5) is 23.3. The number of aryl methyl sites for hydroxylation is 1. The highest BCUT2D eigenvalue weighted by atomic mass is 16.5. The molecular formula is C16H21NO3. The van der Waals surface area contributed by atoms with Gasteiger partial charge >= 0.3 is 5.97 Å². The van der Waals surface area contributed by atoms with Crippen molar-refractivity contribution in [3.8, 4) is 0 Å². The largest absolute Gasteiger partial charge is 0.455 e. The number of amides is 1. The topological polar surface area (TPSA) is 55.4 Å². The molecule has 1 aromatic rings. The first-order chi connectivity index (χ1) is 9.65. The number of ether oxygens (including phenoxy) is 1. The maximum atomic E-state index is 11.7. The fraction of sp³-hybridized carbons (Fsp3) is 0.500. The Morgan fingerprint density at radius 1 is 1.25 bits per heavy atom. The predicted octanol–water partition coefficient (Wildman–Crippen LogP) is 2.14. The lowest BCUT2D eigenvalue weighted by Gasteiger charge is -2.12. The molecule has 0 aromatic heterocycles. The number of benzene rings is 1. The van der Waals surface area contributed by atoms with E-state index in [1.807, 2.05) is 31.2 Å². The van der Waals surface area contributed by atoms with Crippen molar-refractivity contribution in [1.29, 1.82) is 0 Å². The second-order valence-corrected chi connectivity index (χ2v) is 5.31. The third-order valence-corrected chi connectivity index (χ3v) is 3.68. The van der Waals surface area contributed by atoms with Gasteiger partial charge in [-0.05, 0) is 30.9 Å². The summed E-state index contributed by atoms with van der Waals surface area (Å²) >= 11 is 0. The second kappa shape index (κ2) is 7.08. The molecule has 1 fully saturated rings. The van der Waals surface area contributed by atoms with Crippen LogP contribution in [0.1, 0.15) is 36.8 Å². The smallest absolute Gasteiger partial charge is 0.310 e. The van der Waals surface area contributed by atoms with Crippen LogP contribution in [0.25, 0.3) is 0 Å². The molecule has 0 heterocycles. The molecule has 2 rings (SSSR count). The van der Waals surface area contributed by atoms with Crippen molar-refractivity contribution in [3.63, 3.8) is 0 Å². The Labute approximate surface area is 119 Å². The summed E-state index contributed by atoms with van der Waals surface area (Å²) in [6.45, 7) is 1.77. The molecule has 0 atom stereocenters. The summed E-state index contributed by atoms with van der Waals surface area (Å²) in [5, 5.41) is 2.89. The van der Waals surface area contributed by atoms with E-state index in [1.54, 1.807) is 0 Å². The third-order valence-electron chi connectivity index (χ3n) is 3.68.